The van der Waals surface area contributed by atoms with Gasteiger partial charge < -0.3 is 15.0 Å². The summed E-state index contributed by atoms with van der Waals surface area (Å²) >= 11 is 0. The summed E-state index contributed by atoms with van der Waals surface area (Å²) in [4.78, 5) is 28.1. The van der Waals surface area contributed by atoms with E-state index in [0.29, 0.717) is 31.7 Å². The lowest BCUT2D eigenvalue weighted by atomic mass is 9.98. The quantitative estimate of drug-likeness (QED) is 0.924. The van der Waals surface area contributed by atoms with Gasteiger partial charge in [-0.3, -0.25) is 9.69 Å². The van der Waals surface area contributed by atoms with Crippen molar-refractivity contribution in [1.29, 1.82) is 0 Å². The molecule has 1 N–H and O–H groups in total. The largest absolute Gasteiger partial charge is 0.496 e. The third-order valence-corrected chi connectivity index (χ3v) is 5.01. The van der Waals surface area contributed by atoms with Gasteiger partial charge in [0.05, 0.1) is 7.11 Å². The highest BCUT2D eigenvalue weighted by Crippen LogP contribution is 2.28. The molecule has 134 valence electrons. The third-order valence-electron chi connectivity index (χ3n) is 5.01. The molecule has 0 spiro atoms. The first kappa shape index (κ1) is 16.4. The second-order valence-corrected chi connectivity index (χ2v) is 6.51. The maximum absolute atomic E-state index is 12.9. The van der Waals surface area contributed by atoms with E-state index >= 15 is 0 Å². The predicted octanol–water partition coefficient (Wildman–Crippen LogP) is 2.42. The minimum atomic E-state index is -0.0920. The van der Waals surface area contributed by atoms with Crippen LogP contribution in [0.25, 0.3) is 0 Å². The number of nitrogens with zero attached hydrogens (tertiary/aromatic N) is 2. The van der Waals surface area contributed by atoms with Crippen molar-refractivity contribution in [2.45, 2.75) is 13.0 Å². The van der Waals surface area contributed by atoms with Crippen molar-refractivity contribution in [3.8, 4) is 5.75 Å². The van der Waals surface area contributed by atoms with Crippen molar-refractivity contribution in [1.82, 2.24) is 10.2 Å². The zero-order valence-electron chi connectivity index (χ0n) is 14.7. The number of carbonyl (C=O) groups is 2. The van der Waals surface area contributed by atoms with Crippen LogP contribution in [0.4, 0.5) is 10.5 Å². The molecule has 6 heteroatoms. The molecule has 1 fully saturated rings. The number of benzene rings is 2. The minimum absolute atomic E-state index is 0.0101. The van der Waals surface area contributed by atoms with Gasteiger partial charge in [-0.15, -0.1) is 0 Å². The molecule has 0 unspecified atom stereocenters. The molecular formula is C20H21N3O3. The van der Waals surface area contributed by atoms with Crippen LogP contribution in [0.1, 0.15) is 21.5 Å². The molecule has 0 aromatic heterocycles. The normalized spacial score (nSPS) is 16.3. The van der Waals surface area contributed by atoms with E-state index in [1.807, 2.05) is 35.2 Å². The fourth-order valence-corrected chi connectivity index (χ4v) is 3.62. The smallest absolute Gasteiger partial charge is 0.321 e. The standard InChI is InChI=1S/C20H21N3O3/c1-26-18-4-2-3-15-13-22(11-9-17(15)18)19(24)14-5-7-16(8-6-14)23-12-10-21-20(23)25/h2-8H,9-13H2,1H3,(H,21,25). The summed E-state index contributed by atoms with van der Waals surface area (Å²) in [6.45, 7) is 2.55. The Balaban J connectivity index is 1.50. The van der Waals surface area contributed by atoms with Crippen LogP contribution < -0.4 is 15.0 Å². The molecule has 0 radical (unpaired) electrons. The number of urea groups is 1. The zero-order valence-corrected chi connectivity index (χ0v) is 14.7. The van der Waals surface area contributed by atoms with Crippen LogP contribution in [0.15, 0.2) is 42.5 Å². The van der Waals surface area contributed by atoms with E-state index in [1.54, 1.807) is 24.1 Å². The Morgan fingerprint density at radius 1 is 1.12 bits per heavy atom. The maximum Gasteiger partial charge on any atom is 0.321 e. The highest BCUT2D eigenvalue weighted by molar-refractivity contribution is 5.97. The van der Waals surface area contributed by atoms with Gasteiger partial charge in [-0.25, -0.2) is 4.79 Å². The number of methoxy groups -OCH3 is 1. The van der Waals surface area contributed by atoms with Gasteiger partial charge in [0.15, 0.2) is 0 Å². The van der Waals surface area contributed by atoms with Gasteiger partial charge in [0.25, 0.3) is 5.91 Å². The molecule has 26 heavy (non-hydrogen) atoms. The number of rotatable bonds is 3. The van der Waals surface area contributed by atoms with Crippen molar-refractivity contribution in [2.24, 2.45) is 0 Å². The van der Waals surface area contributed by atoms with E-state index in [0.717, 1.165) is 23.4 Å². The Kier molecular flexibility index (Phi) is 4.24. The Hall–Kier alpha value is -3.02. The van der Waals surface area contributed by atoms with Gasteiger partial charge in [0, 0.05) is 43.0 Å². The van der Waals surface area contributed by atoms with E-state index in [4.69, 9.17) is 4.74 Å². The number of carbonyl (C=O) groups excluding carboxylic acids is 2. The Bertz CT molecular complexity index is 848. The van der Waals surface area contributed by atoms with Crippen molar-refractivity contribution >= 4 is 17.6 Å². The molecule has 6 nitrogen and oxygen atoms in total. The van der Waals surface area contributed by atoms with Crippen LogP contribution in [-0.2, 0) is 13.0 Å². The zero-order chi connectivity index (χ0) is 18.1. The highest BCUT2D eigenvalue weighted by Gasteiger charge is 2.25. The van der Waals surface area contributed by atoms with E-state index in [-0.39, 0.29) is 11.9 Å². The first-order valence-electron chi connectivity index (χ1n) is 8.77. The summed E-state index contributed by atoms with van der Waals surface area (Å²) < 4.78 is 5.42. The molecule has 2 aromatic rings. The average Bonchev–Trinajstić information content (AvgIpc) is 3.12. The van der Waals surface area contributed by atoms with Crippen LogP contribution in [0, 0.1) is 0 Å². The fraction of sp³-hybridized carbons (Fsp3) is 0.300. The van der Waals surface area contributed by atoms with Crippen molar-refractivity contribution < 1.29 is 14.3 Å². The van der Waals surface area contributed by atoms with Crippen LogP contribution >= 0.6 is 0 Å². The van der Waals surface area contributed by atoms with Gasteiger partial charge in [0.1, 0.15) is 5.75 Å². The summed E-state index contributed by atoms with van der Waals surface area (Å²) in [7, 11) is 1.68. The number of hydrogen-bond acceptors (Lipinski definition) is 3. The second kappa shape index (κ2) is 6.71. The molecule has 1 saturated heterocycles. The molecule has 0 aliphatic carbocycles. The molecule has 0 bridgehead atoms. The van der Waals surface area contributed by atoms with Gasteiger partial charge in [-0.1, -0.05) is 12.1 Å². The van der Waals surface area contributed by atoms with Gasteiger partial charge in [-0.2, -0.15) is 0 Å². The molecule has 0 atom stereocenters. The molecule has 4 rings (SSSR count). The number of ether oxygens (including phenoxy) is 1. The molecular weight excluding hydrogens is 330 g/mol. The van der Waals surface area contributed by atoms with Gasteiger partial charge in [-0.05, 0) is 42.3 Å². The second-order valence-electron chi connectivity index (χ2n) is 6.51. The Labute approximate surface area is 152 Å². The molecule has 2 aliphatic rings. The number of anilines is 1. The molecule has 0 saturated carbocycles. The Morgan fingerprint density at radius 3 is 2.62 bits per heavy atom. The first-order valence-corrected chi connectivity index (χ1v) is 8.77. The lowest BCUT2D eigenvalue weighted by Gasteiger charge is -2.30. The van der Waals surface area contributed by atoms with Crippen molar-refractivity contribution in [2.75, 3.05) is 31.6 Å². The van der Waals surface area contributed by atoms with E-state index in [2.05, 4.69) is 5.32 Å². The lowest BCUT2D eigenvalue weighted by Crippen LogP contribution is -2.36. The van der Waals surface area contributed by atoms with Crippen LogP contribution in [0.3, 0.4) is 0 Å². The van der Waals surface area contributed by atoms with Crippen LogP contribution in [0.5, 0.6) is 5.75 Å². The van der Waals surface area contributed by atoms with Crippen molar-refractivity contribution in [3.05, 3.63) is 59.2 Å². The summed E-state index contributed by atoms with van der Waals surface area (Å²) in [6.07, 6.45) is 0.789. The summed E-state index contributed by atoms with van der Waals surface area (Å²) in [5.74, 6) is 0.902. The van der Waals surface area contributed by atoms with Crippen LogP contribution in [-0.4, -0.2) is 43.6 Å². The monoisotopic (exact) mass is 351 g/mol. The fourth-order valence-electron chi connectivity index (χ4n) is 3.62. The number of hydrogen-bond donors (Lipinski definition) is 1. The number of nitrogens with one attached hydrogen (secondary N) is 1. The highest BCUT2D eigenvalue weighted by atomic mass is 16.5. The maximum atomic E-state index is 12.9. The van der Waals surface area contributed by atoms with E-state index in [1.165, 1.54) is 5.56 Å². The van der Waals surface area contributed by atoms with Gasteiger partial charge >= 0.3 is 6.03 Å². The molecule has 2 heterocycles. The molecule has 2 aromatic carbocycles. The van der Waals surface area contributed by atoms with E-state index < -0.39 is 0 Å². The van der Waals surface area contributed by atoms with Gasteiger partial charge in [0.2, 0.25) is 0 Å². The topological polar surface area (TPSA) is 61.9 Å². The number of amides is 3. The average molecular weight is 351 g/mol. The van der Waals surface area contributed by atoms with Crippen molar-refractivity contribution in [3.63, 3.8) is 0 Å². The lowest BCUT2D eigenvalue weighted by molar-refractivity contribution is 0.0734. The first-order chi connectivity index (χ1) is 12.7. The Morgan fingerprint density at radius 2 is 1.92 bits per heavy atom. The minimum Gasteiger partial charge on any atom is -0.496 e. The van der Waals surface area contributed by atoms with Crippen LogP contribution in [0.2, 0.25) is 0 Å². The summed E-state index contributed by atoms with van der Waals surface area (Å²) in [5, 5.41) is 2.78. The SMILES string of the molecule is COc1cccc2c1CCN(C(=O)c1ccc(N3CCNC3=O)cc1)C2. The predicted molar refractivity (Wildman–Crippen MR) is 98.6 cm³/mol. The number of fused-ring (bicyclic) bond motifs is 1. The summed E-state index contributed by atoms with van der Waals surface area (Å²) in [5.41, 5.74) is 3.77. The molecule has 3 amide bonds. The van der Waals surface area contributed by atoms with E-state index in [9.17, 15) is 9.59 Å². The molecule has 2 aliphatic heterocycles. The summed E-state index contributed by atoms with van der Waals surface area (Å²) in [6, 6.07) is 13.1. The third kappa shape index (κ3) is 2.87.